The van der Waals surface area contributed by atoms with E-state index in [0.717, 1.165) is 37.6 Å². The highest BCUT2D eigenvalue weighted by molar-refractivity contribution is 7.15. The summed E-state index contributed by atoms with van der Waals surface area (Å²) in [5.41, 5.74) is 4.66. The molecular formula is C20H17N7OS. The van der Waals surface area contributed by atoms with Gasteiger partial charge < -0.3 is 15.6 Å². The monoisotopic (exact) mass is 403 g/mol. The molecule has 0 radical (unpaired) electrons. The number of carbonyl (C=O) groups is 1. The zero-order chi connectivity index (χ0) is 20.0. The molecule has 0 unspecified atom stereocenters. The van der Waals surface area contributed by atoms with Crippen molar-refractivity contribution in [2.24, 2.45) is 0 Å². The van der Waals surface area contributed by atoms with Crippen LogP contribution in [0, 0.1) is 13.8 Å². The van der Waals surface area contributed by atoms with E-state index < -0.39 is 0 Å². The average Bonchev–Trinajstić information content (AvgIpc) is 3.39. The van der Waals surface area contributed by atoms with Gasteiger partial charge in [-0.1, -0.05) is 0 Å². The van der Waals surface area contributed by atoms with Gasteiger partial charge in [-0.2, -0.15) is 5.10 Å². The number of hydrogen-bond acceptors (Lipinski definition) is 6. The second kappa shape index (κ2) is 6.71. The third kappa shape index (κ3) is 3.32. The molecule has 3 heterocycles. The Kier molecular flexibility index (Phi) is 4.02. The van der Waals surface area contributed by atoms with Crippen molar-refractivity contribution in [2.45, 2.75) is 13.8 Å². The van der Waals surface area contributed by atoms with Crippen molar-refractivity contribution in [1.82, 2.24) is 25.1 Å². The van der Waals surface area contributed by atoms with Gasteiger partial charge in [0, 0.05) is 21.5 Å². The fraction of sp³-hybridized carbons (Fsp3) is 0.100. The Morgan fingerprint density at radius 1 is 1.07 bits per heavy atom. The molecule has 5 aromatic rings. The molecule has 0 aliphatic heterocycles. The predicted octanol–water partition coefficient (Wildman–Crippen LogP) is 4.51. The number of H-pyrrole nitrogens is 2. The van der Waals surface area contributed by atoms with Crippen LogP contribution in [0.2, 0.25) is 0 Å². The van der Waals surface area contributed by atoms with Gasteiger partial charge in [-0.05, 0) is 50.2 Å². The van der Waals surface area contributed by atoms with E-state index in [9.17, 15) is 4.79 Å². The number of aromatic amines is 2. The fourth-order valence-electron chi connectivity index (χ4n) is 3.06. The van der Waals surface area contributed by atoms with Crippen molar-refractivity contribution in [3.63, 3.8) is 0 Å². The molecule has 0 saturated carbocycles. The molecule has 5 rings (SSSR count). The van der Waals surface area contributed by atoms with Crippen molar-refractivity contribution in [1.29, 1.82) is 0 Å². The van der Waals surface area contributed by atoms with Gasteiger partial charge in [-0.3, -0.25) is 9.89 Å². The number of nitrogens with zero attached hydrogens (tertiary/aromatic N) is 3. The van der Waals surface area contributed by atoms with Crippen LogP contribution in [-0.4, -0.2) is 31.1 Å². The molecule has 3 aromatic heterocycles. The molecule has 0 aliphatic rings. The number of thiazole rings is 1. The van der Waals surface area contributed by atoms with Crippen LogP contribution in [0.5, 0.6) is 0 Å². The molecule has 0 spiro atoms. The van der Waals surface area contributed by atoms with Crippen molar-refractivity contribution < 1.29 is 4.79 Å². The Morgan fingerprint density at radius 3 is 2.79 bits per heavy atom. The second-order valence-corrected chi connectivity index (χ2v) is 7.93. The first kappa shape index (κ1) is 17.4. The number of amides is 1. The van der Waals surface area contributed by atoms with E-state index in [1.54, 1.807) is 29.7 Å². The largest absolute Gasteiger partial charge is 0.324 e. The summed E-state index contributed by atoms with van der Waals surface area (Å²) in [4.78, 5) is 26.0. The van der Waals surface area contributed by atoms with Crippen LogP contribution in [0.15, 0.2) is 42.6 Å². The fourth-order valence-corrected chi connectivity index (χ4v) is 3.87. The molecule has 2 aromatic carbocycles. The summed E-state index contributed by atoms with van der Waals surface area (Å²) in [6, 6.07) is 11.0. The maximum Gasteiger partial charge on any atom is 0.255 e. The molecule has 1 amide bonds. The van der Waals surface area contributed by atoms with E-state index in [4.69, 9.17) is 0 Å². The number of imidazole rings is 1. The highest BCUT2D eigenvalue weighted by atomic mass is 32.1. The quantitative estimate of drug-likeness (QED) is 0.353. The lowest BCUT2D eigenvalue weighted by Gasteiger charge is -2.05. The number of benzene rings is 2. The van der Waals surface area contributed by atoms with Gasteiger partial charge >= 0.3 is 0 Å². The van der Waals surface area contributed by atoms with Crippen LogP contribution < -0.4 is 10.6 Å². The highest BCUT2D eigenvalue weighted by Crippen LogP contribution is 2.25. The molecule has 9 heteroatoms. The van der Waals surface area contributed by atoms with Crippen LogP contribution in [0.25, 0.3) is 21.9 Å². The standard InChI is InChI=1S/C20H17N7OS/c1-10-11(2)29-20(22-10)26-19-24-15-6-4-12(7-17(15)25-19)18(28)23-14-5-3-13-9-21-27-16(13)8-14/h3-9H,1-2H3,(H,21,27)(H,23,28)(H2,22,24,25,26). The zero-order valence-electron chi connectivity index (χ0n) is 15.7. The first-order valence-electron chi connectivity index (χ1n) is 9.00. The summed E-state index contributed by atoms with van der Waals surface area (Å²) in [5, 5.41) is 14.8. The lowest BCUT2D eigenvalue weighted by Crippen LogP contribution is -2.11. The Morgan fingerprint density at radius 2 is 1.97 bits per heavy atom. The van der Waals surface area contributed by atoms with E-state index in [-0.39, 0.29) is 5.91 Å². The number of hydrogen-bond donors (Lipinski definition) is 4. The lowest BCUT2D eigenvalue weighted by atomic mass is 10.1. The molecule has 0 saturated heterocycles. The molecule has 144 valence electrons. The number of anilines is 3. The first-order valence-corrected chi connectivity index (χ1v) is 9.82. The average molecular weight is 403 g/mol. The van der Waals surface area contributed by atoms with Gasteiger partial charge in [0.15, 0.2) is 5.13 Å². The molecule has 4 N–H and O–H groups in total. The summed E-state index contributed by atoms with van der Waals surface area (Å²) in [5.74, 6) is 0.400. The van der Waals surface area contributed by atoms with Gasteiger partial charge in [0.05, 0.1) is 28.4 Å². The van der Waals surface area contributed by atoms with Gasteiger partial charge in [-0.15, -0.1) is 11.3 Å². The van der Waals surface area contributed by atoms with Gasteiger partial charge in [-0.25, -0.2) is 9.97 Å². The van der Waals surface area contributed by atoms with Crippen LogP contribution in [-0.2, 0) is 0 Å². The number of nitrogens with one attached hydrogen (secondary N) is 4. The van der Waals surface area contributed by atoms with Crippen LogP contribution in [0.3, 0.4) is 0 Å². The van der Waals surface area contributed by atoms with Crippen molar-refractivity contribution >= 4 is 55.9 Å². The highest BCUT2D eigenvalue weighted by Gasteiger charge is 2.11. The lowest BCUT2D eigenvalue weighted by molar-refractivity contribution is 0.102. The van der Waals surface area contributed by atoms with Gasteiger partial charge in [0.2, 0.25) is 5.95 Å². The summed E-state index contributed by atoms with van der Waals surface area (Å²) < 4.78 is 0. The van der Waals surface area contributed by atoms with Gasteiger partial charge in [0.25, 0.3) is 5.91 Å². The molecule has 0 fully saturated rings. The van der Waals surface area contributed by atoms with E-state index >= 15 is 0 Å². The number of fused-ring (bicyclic) bond motifs is 2. The van der Waals surface area contributed by atoms with E-state index in [1.807, 2.05) is 38.1 Å². The Bertz CT molecular complexity index is 1340. The normalized spacial score (nSPS) is 11.2. The van der Waals surface area contributed by atoms with E-state index in [1.165, 1.54) is 0 Å². The third-order valence-corrected chi connectivity index (χ3v) is 5.69. The summed E-state index contributed by atoms with van der Waals surface area (Å²) in [6.45, 7) is 4.01. The molecule has 0 atom stereocenters. The molecule has 8 nitrogen and oxygen atoms in total. The molecule has 0 bridgehead atoms. The minimum absolute atomic E-state index is 0.193. The van der Waals surface area contributed by atoms with Crippen LogP contribution >= 0.6 is 11.3 Å². The minimum Gasteiger partial charge on any atom is -0.324 e. The van der Waals surface area contributed by atoms with Crippen LogP contribution in [0.4, 0.5) is 16.8 Å². The van der Waals surface area contributed by atoms with Crippen molar-refractivity contribution in [2.75, 3.05) is 10.6 Å². The molecule has 29 heavy (non-hydrogen) atoms. The first-order chi connectivity index (χ1) is 14.0. The number of aromatic nitrogens is 5. The Labute approximate surface area is 169 Å². The number of rotatable bonds is 4. The number of aryl methyl sites for hydroxylation is 2. The van der Waals surface area contributed by atoms with E-state index in [0.29, 0.717) is 17.2 Å². The predicted molar refractivity (Wildman–Crippen MR) is 115 cm³/mol. The van der Waals surface area contributed by atoms with Gasteiger partial charge in [0.1, 0.15) is 0 Å². The second-order valence-electron chi connectivity index (χ2n) is 6.73. The minimum atomic E-state index is -0.193. The van der Waals surface area contributed by atoms with Crippen molar-refractivity contribution in [3.8, 4) is 0 Å². The zero-order valence-corrected chi connectivity index (χ0v) is 16.5. The number of carbonyl (C=O) groups excluding carboxylic acids is 1. The summed E-state index contributed by atoms with van der Waals surface area (Å²) >= 11 is 1.58. The van der Waals surface area contributed by atoms with E-state index in [2.05, 4.69) is 35.8 Å². The Hall–Kier alpha value is -3.72. The van der Waals surface area contributed by atoms with Crippen molar-refractivity contribution in [3.05, 3.63) is 58.7 Å². The SMILES string of the molecule is Cc1nc(Nc2nc3ccc(C(=O)Nc4ccc5cn[nH]c5c4)cc3[nH]2)sc1C. The maximum atomic E-state index is 12.7. The topological polar surface area (TPSA) is 111 Å². The third-order valence-electron chi connectivity index (χ3n) is 4.70. The Balaban J connectivity index is 1.37. The smallest absolute Gasteiger partial charge is 0.255 e. The maximum absolute atomic E-state index is 12.7. The summed E-state index contributed by atoms with van der Waals surface area (Å²) in [7, 11) is 0. The van der Waals surface area contributed by atoms with Crippen LogP contribution in [0.1, 0.15) is 20.9 Å². The molecule has 0 aliphatic carbocycles. The molecular weight excluding hydrogens is 386 g/mol. The summed E-state index contributed by atoms with van der Waals surface area (Å²) in [6.07, 6.45) is 1.74.